The Labute approximate surface area is 163 Å². The summed E-state index contributed by atoms with van der Waals surface area (Å²) < 4.78 is 5.15. The maximum Gasteiger partial charge on any atom is 0.295 e. The summed E-state index contributed by atoms with van der Waals surface area (Å²) in [6.07, 6.45) is 5.41. The van der Waals surface area contributed by atoms with E-state index in [2.05, 4.69) is 4.98 Å². The second-order valence-corrected chi connectivity index (χ2v) is 7.13. The van der Waals surface area contributed by atoms with E-state index < -0.39 is 17.7 Å². The van der Waals surface area contributed by atoms with E-state index in [1.807, 2.05) is 6.07 Å². The van der Waals surface area contributed by atoms with Crippen molar-refractivity contribution in [1.82, 2.24) is 9.88 Å². The molecule has 0 spiro atoms. The van der Waals surface area contributed by atoms with Crippen LogP contribution in [0, 0.1) is 0 Å². The number of pyridine rings is 1. The second kappa shape index (κ2) is 7.46. The minimum atomic E-state index is -0.675. The number of hydrogen-bond donors (Lipinski definition) is 1. The maximum absolute atomic E-state index is 12.9. The van der Waals surface area contributed by atoms with Crippen LogP contribution in [0.4, 0.5) is 0 Å². The number of rotatable bonds is 4. The third kappa shape index (κ3) is 3.05. The monoisotopic (exact) mass is 378 g/mol. The predicted molar refractivity (Wildman–Crippen MR) is 104 cm³/mol. The molecular weight excluding hydrogens is 356 g/mol. The molecule has 1 amide bonds. The Balaban J connectivity index is 1.85. The van der Waals surface area contributed by atoms with Crippen LogP contribution >= 0.6 is 0 Å². The van der Waals surface area contributed by atoms with Crippen LogP contribution in [0.2, 0.25) is 0 Å². The minimum Gasteiger partial charge on any atom is -0.507 e. The minimum absolute atomic E-state index is 0.00961. The van der Waals surface area contributed by atoms with Gasteiger partial charge in [-0.2, -0.15) is 0 Å². The Hall–Kier alpha value is -3.15. The van der Waals surface area contributed by atoms with Gasteiger partial charge in [0.2, 0.25) is 0 Å². The van der Waals surface area contributed by atoms with Gasteiger partial charge in [-0.25, -0.2) is 0 Å². The summed E-state index contributed by atoms with van der Waals surface area (Å²) in [5, 5.41) is 11.0. The van der Waals surface area contributed by atoms with E-state index >= 15 is 0 Å². The lowest BCUT2D eigenvalue weighted by Gasteiger charge is -2.30. The highest BCUT2D eigenvalue weighted by Crippen LogP contribution is 2.42. The van der Waals surface area contributed by atoms with Gasteiger partial charge in [0.25, 0.3) is 11.7 Å². The fourth-order valence-corrected chi connectivity index (χ4v) is 4.14. The Bertz CT molecular complexity index is 915. The molecule has 1 aromatic heterocycles. The third-order valence-electron chi connectivity index (χ3n) is 5.53. The van der Waals surface area contributed by atoms with Crippen LogP contribution in [0.1, 0.15) is 43.0 Å². The summed E-state index contributed by atoms with van der Waals surface area (Å²) in [5.74, 6) is -0.755. The summed E-state index contributed by atoms with van der Waals surface area (Å²) in [4.78, 5) is 31.9. The Morgan fingerprint density at radius 2 is 1.82 bits per heavy atom. The summed E-state index contributed by atoms with van der Waals surface area (Å²) in [6.45, 7) is 0. The van der Waals surface area contributed by atoms with Crippen molar-refractivity contribution in [3.63, 3.8) is 0 Å². The lowest BCUT2D eigenvalue weighted by molar-refractivity contribution is -0.141. The Kier molecular flexibility index (Phi) is 4.86. The standard InChI is InChI=1S/C22H22N2O4/c1-28-16-11-9-14(10-12-16)20(25)18-19(17-8-4-5-13-23-17)24(22(27)21(18)26)15-6-2-3-7-15/h4-5,8-13,15,19,25H,2-3,6-7H2,1H3/b20-18-. The van der Waals surface area contributed by atoms with Crippen LogP contribution in [0.3, 0.4) is 0 Å². The van der Waals surface area contributed by atoms with Gasteiger partial charge in [-0.1, -0.05) is 18.9 Å². The van der Waals surface area contributed by atoms with Gasteiger partial charge < -0.3 is 14.7 Å². The van der Waals surface area contributed by atoms with Crippen LogP contribution in [0.5, 0.6) is 5.75 Å². The molecule has 0 bridgehead atoms. The molecule has 6 nitrogen and oxygen atoms in total. The molecular formula is C22H22N2O4. The van der Waals surface area contributed by atoms with Gasteiger partial charge in [-0.15, -0.1) is 0 Å². The van der Waals surface area contributed by atoms with Crippen LogP contribution in [0.15, 0.2) is 54.2 Å². The van der Waals surface area contributed by atoms with Gasteiger partial charge >= 0.3 is 0 Å². The van der Waals surface area contributed by atoms with Crippen molar-refractivity contribution in [3.05, 3.63) is 65.5 Å². The summed E-state index contributed by atoms with van der Waals surface area (Å²) in [7, 11) is 1.56. The normalized spacial score (nSPS) is 22.0. The van der Waals surface area contributed by atoms with Crippen molar-refractivity contribution in [2.24, 2.45) is 0 Å². The highest BCUT2D eigenvalue weighted by molar-refractivity contribution is 6.46. The molecule has 1 aromatic carbocycles. The number of aliphatic hydroxyl groups excluding tert-OH is 1. The van der Waals surface area contributed by atoms with Crippen molar-refractivity contribution in [2.45, 2.75) is 37.8 Å². The molecule has 144 valence electrons. The Morgan fingerprint density at radius 1 is 1.11 bits per heavy atom. The number of hydrogen-bond acceptors (Lipinski definition) is 5. The molecule has 2 fully saturated rings. The van der Waals surface area contributed by atoms with Crippen molar-refractivity contribution < 1.29 is 19.4 Å². The number of aromatic nitrogens is 1. The number of nitrogens with zero attached hydrogens (tertiary/aromatic N) is 2. The first-order valence-electron chi connectivity index (χ1n) is 9.47. The number of carbonyl (C=O) groups is 2. The molecule has 1 saturated heterocycles. The van der Waals surface area contributed by atoms with E-state index in [4.69, 9.17) is 4.74 Å². The number of ether oxygens (including phenoxy) is 1. The molecule has 1 N–H and O–H groups in total. The number of likely N-dealkylation sites (tertiary alicyclic amines) is 1. The van der Waals surface area contributed by atoms with Crippen LogP contribution in [-0.4, -0.2) is 39.8 Å². The van der Waals surface area contributed by atoms with E-state index in [1.165, 1.54) is 0 Å². The van der Waals surface area contributed by atoms with Crippen molar-refractivity contribution in [2.75, 3.05) is 7.11 Å². The van der Waals surface area contributed by atoms with E-state index in [0.29, 0.717) is 17.0 Å². The first-order chi connectivity index (χ1) is 13.6. The molecule has 1 aliphatic heterocycles. The number of aliphatic hydroxyl groups is 1. The topological polar surface area (TPSA) is 79.7 Å². The SMILES string of the molecule is COc1ccc(/C(O)=C2/C(=O)C(=O)N(C3CCCC3)C2c2ccccn2)cc1. The Morgan fingerprint density at radius 3 is 2.43 bits per heavy atom. The van der Waals surface area contributed by atoms with Gasteiger partial charge in [-0.05, 0) is 49.2 Å². The van der Waals surface area contributed by atoms with Gasteiger partial charge in [0.05, 0.1) is 18.4 Å². The number of benzene rings is 1. The van der Waals surface area contributed by atoms with E-state index in [-0.39, 0.29) is 17.4 Å². The maximum atomic E-state index is 12.9. The highest BCUT2D eigenvalue weighted by Gasteiger charge is 2.49. The summed E-state index contributed by atoms with van der Waals surface area (Å²) in [5.41, 5.74) is 1.15. The number of ketones is 1. The largest absolute Gasteiger partial charge is 0.507 e. The zero-order valence-electron chi connectivity index (χ0n) is 15.7. The number of methoxy groups -OCH3 is 1. The molecule has 2 aromatic rings. The average Bonchev–Trinajstić information content (AvgIpc) is 3.35. The van der Waals surface area contributed by atoms with Crippen molar-refractivity contribution in [3.8, 4) is 5.75 Å². The smallest absolute Gasteiger partial charge is 0.295 e. The van der Waals surface area contributed by atoms with Gasteiger partial charge in [0.15, 0.2) is 0 Å². The number of Topliss-reactive ketones (excluding diaryl/α,β-unsaturated/α-hetero) is 1. The van der Waals surface area contributed by atoms with E-state index in [0.717, 1.165) is 25.7 Å². The lowest BCUT2D eigenvalue weighted by atomic mass is 9.97. The lowest BCUT2D eigenvalue weighted by Crippen LogP contribution is -2.37. The summed E-state index contributed by atoms with van der Waals surface area (Å²) >= 11 is 0. The van der Waals surface area contributed by atoms with Crippen molar-refractivity contribution in [1.29, 1.82) is 0 Å². The van der Waals surface area contributed by atoms with Gasteiger partial charge in [0.1, 0.15) is 17.6 Å². The van der Waals surface area contributed by atoms with E-state index in [9.17, 15) is 14.7 Å². The molecule has 1 saturated carbocycles. The van der Waals surface area contributed by atoms with Crippen LogP contribution in [0.25, 0.3) is 5.76 Å². The molecule has 2 heterocycles. The fourth-order valence-electron chi connectivity index (χ4n) is 4.14. The molecule has 1 atom stereocenters. The fraction of sp³-hybridized carbons (Fsp3) is 0.318. The zero-order chi connectivity index (χ0) is 19.7. The average molecular weight is 378 g/mol. The predicted octanol–water partition coefficient (Wildman–Crippen LogP) is 3.45. The van der Waals surface area contributed by atoms with Crippen molar-refractivity contribution >= 4 is 17.4 Å². The first-order valence-corrected chi connectivity index (χ1v) is 9.47. The van der Waals surface area contributed by atoms with Gasteiger partial charge in [0, 0.05) is 17.8 Å². The molecule has 0 radical (unpaired) electrons. The number of carbonyl (C=O) groups excluding carboxylic acids is 2. The van der Waals surface area contributed by atoms with E-state index in [1.54, 1.807) is 54.6 Å². The third-order valence-corrected chi connectivity index (χ3v) is 5.53. The van der Waals surface area contributed by atoms with Crippen LogP contribution < -0.4 is 4.74 Å². The van der Waals surface area contributed by atoms with Gasteiger partial charge in [-0.3, -0.25) is 14.6 Å². The number of amides is 1. The molecule has 1 unspecified atom stereocenters. The zero-order valence-corrected chi connectivity index (χ0v) is 15.7. The highest BCUT2D eigenvalue weighted by atomic mass is 16.5. The molecule has 6 heteroatoms. The quantitative estimate of drug-likeness (QED) is 0.501. The molecule has 1 aliphatic carbocycles. The molecule has 4 rings (SSSR count). The first kappa shape index (κ1) is 18.2. The molecule has 2 aliphatic rings. The summed E-state index contributed by atoms with van der Waals surface area (Å²) in [6, 6.07) is 11.5. The van der Waals surface area contributed by atoms with Crippen LogP contribution in [-0.2, 0) is 9.59 Å². The molecule has 28 heavy (non-hydrogen) atoms. The second-order valence-electron chi connectivity index (χ2n) is 7.13.